The molecule has 3 fully saturated rings. The molecule has 292 valence electrons. The Morgan fingerprint density at radius 2 is 1.04 bits per heavy atom. The Labute approximate surface area is 295 Å². The highest BCUT2D eigenvalue weighted by atomic mass is 16.7. The van der Waals surface area contributed by atoms with Gasteiger partial charge in [-0.25, -0.2) is 0 Å². The second kappa shape index (κ2) is 17.9. The highest BCUT2D eigenvalue weighted by Gasteiger charge is 2.55. The van der Waals surface area contributed by atoms with Crippen molar-refractivity contribution in [3.63, 3.8) is 0 Å². The molecule has 0 spiro atoms. The summed E-state index contributed by atoms with van der Waals surface area (Å²) in [5.41, 5.74) is -0.237. The van der Waals surface area contributed by atoms with Crippen LogP contribution in [0.4, 0.5) is 5.69 Å². The van der Waals surface area contributed by atoms with Crippen molar-refractivity contribution in [3.05, 3.63) is 34.4 Å². The SMILES string of the molecule is CC(=O)NC1C(O)C(O)[C@@H](CO)O[C@H]1O[C@H]1C(O)C(NC(C)=O)[C@H](O[C@H]2C(O)C(NC(C)=O)[C@H](Oc3ccc([N+](=O)[O-])cc3)O[C@@H]2CO)O[C@@H]1CO. The first-order valence-corrected chi connectivity index (χ1v) is 16.1. The fraction of sp³-hybridized carbons (Fsp3) is 0.700. The maximum Gasteiger partial charge on any atom is 0.269 e. The number of hydrogen-bond donors (Lipinski definition) is 10. The van der Waals surface area contributed by atoms with Crippen LogP contribution >= 0.6 is 0 Å². The average molecular weight is 749 g/mol. The first kappa shape index (κ1) is 41.1. The van der Waals surface area contributed by atoms with E-state index in [4.69, 9.17) is 28.4 Å². The third-order valence-electron chi connectivity index (χ3n) is 8.58. The highest BCUT2D eigenvalue weighted by Crippen LogP contribution is 2.33. The molecule has 52 heavy (non-hydrogen) atoms. The third kappa shape index (κ3) is 9.47. The number of benzene rings is 1. The van der Waals surface area contributed by atoms with Gasteiger partial charge in [0, 0.05) is 32.9 Å². The molecule has 3 heterocycles. The van der Waals surface area contributed by atoms with Gasteiger partial charge < -0.3 is 80.1 Å². The number of rotatable bonds is 13. The second-order valence-electron chi connectivity index (χ2n) is 12.4. The minimum atomic E-state index is -1.82. The quantitative estimate of drug-likeness (QED) is 0.0666. The summed E-state index contributed by atoms with van der Waals surface area (Å²) in [5, 5.41) is 92.7. The Kier molecular flexibility index (Phi) is 14.2. The summed E-state index contributed by atoms with van der Waals surface area (Å²) in [6.07, 6.45) is -19.3. The van der Waals surface area contributed by atoms with E-state index in [9.17, 15) is 60.2 Å². The Morgan fingerprint density at radius 1 is 0.654 bits per heavy atom. The molecule has 15 atom stereocenters. The van der Waals surface area contributed by atoms with E-state index in [2.05, 4.69) is 16.0 Å². The zero-order chi connectivity index (χ0) is 38.4. The molecule has 0 saturated carbocycles. The van der Waals surface area contributed by atoms with Crippen LogP contribution in [0.15, 0.2) is 24.3 Å². The highest BCUT2D eigenvalue weighted by molar-refractivity contribution is 5.74. The van der Waals surface area contributed by atoms with Crippen molar-refractivity contribution in [2.24, 2.45) is 0 Å². The Bertz CT molecular complexity index is 1390. The van der Waals surface area contributed by atoms with E-state index in [-0.39, 0.29) is 11.4 Å². The van der Waals surface area contributed by atoms with Crippen LogP contribution in [0.25, 0.3) is 0 Å². The van der Waals surface area contributed by atoms with Gasteiger partial charge in [0.15, 0.2) is 12.6 Å². The van der Waals surface area contributed by atoms with Crippen LogP contribution in [0.1, 0.15) is 20.8 Å². The molecule has 22 heteroatoms. The lowest BCUT2D eigenvalue weighted by molar-refractivity contribution is -0.384. The molecule has 3 aliphatic heterocycles. The second-order valence-corrected chi connectivity index (χ2v) is 12.4. The van der Waals surface area contributed by atoms with Gasteiger partial charge in [0.05, 0.1) is 24.7 Å². The van der Waals surface area contributed by atoms with Crippen molar-refractivity contribution < 1.29 is 83.5 Å². The lowest BCUT2D eigenvalue weighted by Gasteiger charge is -2.50. The Hall–Kier alpha value is -3.65. The fourth-order valence-electron chi connectivity index (χ4n) is 6.14. The summed E-state index contributed by atoms with van der Waals surface area (Å²) in [5.74, 6) is -1.97. The van der Waals surface area contributed by atoms with E-state index in [1.807, 2.05) is 0 Å². The lowest BCUT2D eigenvalue weighted by atomic mass is 9.93. The van der Waals surface area contributed by atoms with E-state index in [0.29, 0.717) is 0 Å². The number of aliphatic hydroxyl groups is 7. The number of amides is 3. The van der Waals surface area contributed by atoms with Crippen molar-refractivity contribution in [3.8, 4) is 5.75 Å². The molecule has 3 aliphatic rings. The summed E-state index contributed by atoms with van der Waals surface area (Å²) in [6, 6.07) is 0.420. The normalized spacial score (nSPS) is 37.8. The standard InChI is InChI=1S/C30H44N4O18/c1-11(38)31-19-23(42)22(41)16(8-35)48-29(19)51-27-18(10-37)50-30(21(25(27)44)33-13(3)40)52-26-17(9-36)49-28(20(24(26)43)32-12(2)39)47-15-6-4-14(5-7-15)34(45)46/h4-7,16-30,35-37,41-44H,8-10H2,1-3H3,(H,31,38)(H,32,39)(H,33,40)/t16-,17-,18-,19?,20?,21?,22?,23?,24?,25?,26-,27-,28-,29+,30+/m1/s1. The minimum Gasteiger partial charge on any atom is -0.463 e. The van der Waals surface area contributed by atoms with Gasteiger partial charge in [-0.3, -0.25) is 24.5 Å². The van der Waals surface area contributed by atoms with Crippen molar-refractivity contribution in [1.29, 1.82) is 0 Å². The molecule has 1 aromatic rings. The van der Waals surface area contributed by atoms with Gasteiger partial charge in [0.25, 0.3) is 5.69 Å². The largest absolute Gasteiger partial charge is 0.463 e. The predicted octanol–water partition coefficient (Wildman–Crippen LogP) is -5.15. The van der Waals surface area contributed by atoms with E-state index in [0.717, 1.165) is 32.9 Å². The number of carbonyl (C=O) groups is 3. The van der Waals surface area contributed by atoms with Crippen LogP contribution in [0.3, 0.4) is 0 Å². The van der Waals surface area contributed by atoms with Crippen LogP contribution in [-0.4, -0.2) is 170 Å². The molecule has 7 unspecified atom stereocenters. The molecule has 3 amide bonds. The average Bonchev–Trinajstić information content (AvgIpc) is 3.09. The van der Waals surface area contributed by atoms with Crippen LogP contribution in [-0.2, 0) is 38.1 Å². The number of carbonyl (C=O) groups excluding carboxylic acids is 3. The maximum atomic E-state index is 12.3. The first-order valence-electron chi connectivity index (χ1n) is 16.1. The molecule has 0 bridgehead atoms. The number of aliphatic hydroxyl groups excluding tert-OH is 7. The minimum absolute atomic E-state index is 0.0468. The topological polar surface area (TPSA) is 327 Å². The zero-order valence-electron chi connectivity index (χ0n) is 28.2. The molecular formula is C30H44N4O18. The molecular weight excluding hydrogens is 704 g/mol. The number of hydrogen-bond acceptors (Lipinski definition) is 18. The third-order valence-corrected chi connectivity index (χ3v) is 8.58. The predicted molar refractivity (Wildman–Crippen MR) is 168 cm³/mol. The lowest BCUT2D eigenvalue weighted by Crippen LogP contribution is -2.71. The van der Waals surface area contributed by atoms with Gasteiger partial charge in [-0.05, 0) is 12.1 Å². The van der Waals surface area contributed by atoms with Gasteiger partial charge >= 0.3 is 0 Å². The van der Waals surface area contributed by atoms with E-state index in [1.54, 1.807) is 0 Å². The molecule has 22 nitrogen and oxygen atoms in total. The number of non-ortho nitro benzene ring substituents is 1. The fourth-order valence-corrected chi connectivity index (χ4v) is 6.14. The van der Waals surface area contributed by atoms with Gasteiger partial charge in [-0.1, -0.05) is 0 Å². The maximum absolute atomic E-state index is 12.3. The van der Waals surface area contributed by atoms with Gasteiger partial charge in [0.2, 0.25) is 24.0 Å². The van der Waals surface area contributed by atoms with Gasteiger partial charge in [0.1, 0.15) is 78.8 Å². The van der Waals surface area contributed by atoms with Crippen molar-refractivity contribution in [2.45, 2.75) is 113 Å². The monoisotopic (exact) mass is 748 g/mol. The molecule has 0 aromatic heterocycles. The summed E-state index contributed by atoms with van der Waals surface area (Å²) in [7, 11) is 0. The Balaban J connectivity index is 1.59. The van der Waals surface area contributed by atoms with Crippen molar-refractivity contribution in [1.82, 2.24) is 16.0 Å². The number of ether oxygens (including phenoxy) is 6. The van der Waals surface area contributed by atoms with Gasteiger partial charge in [-0.2, -0.15) is 0 Å². The van der Waals surface area contributed by atoms with E-state index < -0.39 is 134 Å². The molecule has 4 rings (SSSR count). The molecule has 3 saturated heterocycles. The van der Waals surface area contributed by atoms with Gasteiger partial charge in [-0.15, -0.1) is 0 Å². The molecule has 0 radical (unpaired) electrons. The number of nitrogens with one attached hydrogen (secondary N) is 3. The Morgan fingerprint density at radius 3 is 1.44 bits per heavy atom. The van der Waals surface area contributed by atoms with Crippen molar-refractivity contribution in [2.75, 3.05) is 19.8 Å². The summed E-state index contributed by atoms with van der Waals surface area (Å²) < 4.78 is 35.0. The van der Waals surface area contributed by atoms with E-state index in [1.165, 1.54) is 12.1 Å². The molecule has 1 aromatic carbocycles. The zero-order valence-corrected chi connectivity index (χ0v) is 28.2. The van der Waals surface area contributed by atoms with Crippen LogP contribution in [0.5, 0.6) is 5.75 Å². The summed E-state index contributed by atoms with van der Waals surface area (Å²) in [6.45, 7) is 0.890. The summed E-state index contributed by atoms with van der Waals surface area (Å²) in [4.78, 5) is 46.8. The van der Waals surface area contributed by atoms with Crippen molar-refractivity contribution >= 4 is 23.4 Å². The summed E-state index contributed by atoms with van der Waals surface area (Å²) >= 11 is 0. The van der Waals surface area contributed by atoms with E-state index >= 15 is 0 Å². The number of nitro benzene ring substituents is 1. The van der Waals surface area contributed by atoms with Crippen LogP contribution < -0.4 is 20.7 Å². The van der Waals surface area contributed by atoms with Crippen LogP contribution in [0.2, 0.25) is 0 Å². The first-order chi connectivity index (χ1) is 24.6. The van der Waals surface area contributed by atoms with Crippen LogP contribution in [0, 0.1) is 10.1 Å². The molecule has 10 N–H and O–H groups in total. The number of nitro groups is 1. The molecule has 0 aliphatic carbocycles. The smallest absolute Gasteiger partial charge is 0.269 e. The number of nitrogens with zero attached hydrogens (tertiary/aromatic N) is 1.